The number of nitrogens with one attached hydrogen (secondary N) is 1. The van der Waals surface area contributed by atoms with Crippen molar-refractivity contribution in [2.24, 2.45) is 0 Å². The lowest BCUT2D eigenvalue weighted by Crippen LogP contribution is -2.49. The summed E-state index contributed by atoms with van der Waals surface area (Å²) in [4.78, 5) is 2.40. The van der Waals surface area contributed by atoms with Crippen molar-refractivity contribution in [3.05, 3.63) is 34.9 Å². The highest BCUT2D eigenvalue weighted by molar-refractivity contribution is 6.30. The average molecular weight is 267 g/mol. The molecule has 0 saturated heterocycles. The van der Waals surface area contributed by atoms with Crippen LogP contribution in [0.4, 0.5) is 0 Å². The van der Waals surface area contributed by atoms with Gasteiger partial charge in [-0.05, 0) is 44.6 Å². The maximum atomic E-state index is 5.89. The Morgan fingerprint density at radius 2 is 1.78 bits per heavy atom. The van der Waals surface area contributed by atoms with Gasteiger partial charge in [0.05, 0.1) is 0 Å². The minimum atomic E-state index is 0.367. The van der Waals surface area contributed by atoms with Gasteiger partial charge in [-0.15, -0.1) is 0 Å². The van der Waals surface area contributed by atoms with E-state index in [0.717, 1.165) is 18.1 Å². The Bertz CT molecular complexity index is 367. The summed E-state index contributed by atoms with van der Waals surface area (Å²) in [6, 6.07) is 8.09. The Balaban J connectivity index is 1.85. The zero-order chi connectivity index (χ0) is 13.0. The molecule has 0 spiro atoms. The molecule has 0 aliphatic heterocycles. The summed E-state index contributed by atoms with van der Waals surface area (Å²) in [5, 5.41) is 4.41. The van der Waals surface area contributed by atoms with Crippen molar-refractivity contribution in [2.45, 2.75) is 37.8 Å². The molecular weight excluding hydrogens is 244 g/mol. The molecule has 0 radical (unpaired) electrons. The lowest BCUT2D eigenvalue weighted by Gasteiger charge is -2.36. The van der Waals surface area contributed by atoms with E-state index in [1.807, 2.05) is 12.1 Å². The molecule has 0 unspecified atom stereocenters. The number of hydrogen-bond donors (Lipinski definition) is 1. The number of likely N-dealkylation sites (N-methyl/N-ethyl adjacent to an activating group) is 1. The third kappa shape index (κ3) is 3.25. The van der Waals surface area contributed by atoms with Crippen LogP contribution in [0.25, 0.3) is 0 Å². The van der Waals surface area contributed by atoms with Crippen LogP contribution >= 0.6 is 11.6 Å². The van der Waals surface area contributed by atoms with E-state index in [9.17, 15) is 0 Å². The molecule has 0 bridgehead atoms. The molecule has 0 amide bonds. The van der Waals surface area contributed by atoms with Crippen LogP contribution in [0.15, 0.2) is 24.3 Å². The second-order valence-corrected chi connectivity index (χ2v) is 5.99. The zero-order valence-corrected chi connectivity index (χ0v) is 12.1. The smallest absolute Gasteiger partial charge is 0.0406 e. The van der Waals surface area contributed by atoms with Gasteiger partial charge in [0.15, 0.2) is 0 Å². The molecule has 1 saturated carbocycles. The van der Waals surface area contributed by atoms with E-state index in [0.29, 0.717) is 5.54 Å². The Hall–Kier alpha value is -0.570. The highest BCUT2D eigenvalue weighted by Crippen LogP contribution is 2.33. The summed E-state index contributed by atoms with van der Waals surface area (Å²) in [6.07, 6.45) is 5.35. The van der Waals surface area contributed by atoms with E-state index in [4.69, 9.17) is 11.6 Å². The van der Waals surface area contributed by atoms with Crippen molar-refractivity contribution in [2.75, 3.05) is 20.6 Å². The van der Waals surface area contributed by atoms with Crippen molar-refractivity contribution in [3.8, 4) is 0 Å². The van der Waals surface area contributed by atoms with Gasteiger partial charge in [0.25, 0.3) is 0 Å². The van der Waals surface area contributed by atoms with Gasteiger partial charge in [0.2, 0.25) is 0 Å². The fourth-order valence-corrected chi connectivity index (χ4v) is 2.98. The predicted octanol–water partition coefficient (Wildman–Crippen LogP) is 3.30. The zero-order valence-electron chi connectivity index (χ0n) is 11.4. The van der Waals surface area contributed by atoms with E-state index < -0.39 is 0 Å². The highest BCUT2D eigenvalue weighted by Gasteiger charge is 2.35. The molecule has 1 N–H and O–H groups in total. The van der Waals surface area contributed by atoms with Crippen LogP contribution in [0.1, 0.15) is 31.2 Å². The van der Waals surface area contributed by atoms with Gasteiger partial charge in [-0.1, -0.05) is 36.6 Å². The summed E-state index contributed by atoms with van der Waals surface area (Å²) in [7, 11) is 4.41. The van der Waals surface area contributed by atoms with Crippen LogP contribution in [0, 0.1) is 0 Å². The first-order valence-electron chi connectivity index (χ1n) is 6.75. The molecule has 0 atom stereocenters. The maximum absolute atomic E-state index is 5.89. The predicted molar refractivity (Wildman–Crippen MR) is 78.0 cm³/mol. The minimum absolute atomic E-state index is 0.367. The normalized spacial score (nSPS) is 18.4. The second kappa shape index (κ2) is 6.05. The first kappa shape index (κ1) is 13.9. The monoisotopic (exact) mass is 266 g/mol. The van der Waals surface area contributed by atoms with Crippen molar-refractivity contribution < 1.29 is 0 Å². The quantitative estimate of drug-likeness (QED) is 0.880. The Morgan fingerprint density at radius 3 is 2.33 bits per heavy atom. The van der Waals surface area contributed by atoms with Crippen molar-refractivity contribution in [1.82, 2.24) is 10.2 Å². The Labute approximate surface area is 115 Å². The first-order valence-corrected chi connectivity index (χ1v) is 7.13. The van der Waals surface area contributed by atoms with Gasteiger partial charge in [-0.25, -0.2) is 0 Å². The Morgan fingerprint density at radius 1 is 1.17 bits per heavy atom. The molecule has 18 heavy (non-hydrogen) atoms. The van der Waals surface area contributed by atoms with E-state index in [-0.39, 0.29) is 0 Å². The summed E-state index contributed by atoms with van der Waals surface area (Å²) in [5.74, 6) is 0. The minimum Gasteiger partial charge on any atom is -0.311 e. The molecule has 1 fully saturated rings. The third-order valence-corrected chi connectivity index (χ3v) is 4.43. The molecule has 0 aromatic heterocycles. The third-order valence-electron chi connectivity index (χ3n) is 4.18. The summed E-state index contributed by atoms with van der Waals surface area (Å²) < 4.78 is 0. The summed E-state index contributed by atoms with van der Waals surface area (Å²) in [6.45, 7) is 2.00. The summed E-state index contributed by atoms with van der Waals surface area (Å²) in [5.41, 5.74) is 1.66. The number of rotatable bonds is 5. The van der Waals surface area contributed by atoms with E-state index in [1.165, 1.54) is 31.2 Å². The largest absolute Gasteiger partial charge is 0.311 e. The van der Waals surface area contributed by atoms with Gasteiger partial charge >= 0.3 is 0 Å². The molecule has 100 valence electrons. The van der Waals surface area contributed by atoms with E-state index >= 15 is 0 Å². The molecule has 2 rings (SSSR count). The molecule has 0 heterocycles. The van der Waals surface area contributed by atoms with Crippen molar-refractivity contribution >= 4 is 11.6 Å². The number of hydrogen-bond acceptors (Lipinski definition) is 2. The van der Waals surface area contributed by atoms with Gasteiger partial charge < -0.3 is 10.2 Å². The fraction of sp³-hybridized carbons (Fsp3) is 0.600. The van der Waals surface area contributed by atoms with Crippen molar-refractivity contribution in [3.63, 3.8) is 0 Å². The van der Waals surface area contributed by atoms with Gasteiger partial charge in [0, 0.05) is 23.7 Å². The molecule has 1 aliphatic carbocycles. The lowest BCUT2D eigenvalue weighted by molar-refractivity contribution is 0.153. The first-order chi connectivity index (χ1) is 8.62. The number of benzene rings is 1. The van der Waals surface area contributed by atoms with Gasteiger partial charge in [0.1, 0.15) is 0 Å². The molecule has 3 heteroatoms. The molecular formula is C15H23ClN2. The SMILES string of the molecule is CN(C)C1(CNCc2ccc(Cl)cc2)CCCC1. The van der Waals surface area contributed by atoms with E-state index in [1.54, 1.807) is 0 Å². The highest BCUT2D eigenvalue weighted by atomic mass is 35.5. The van der Waals surface area contributed by atoms with Crippen LogP contribution < -0.4 is 5.32 Å². The standard InChI is InChI=1S/C15H23ClN2/c1-18(2)15(9-3-4-10-15)12-17-11-13-5-7-14(16)8-6-13/h5-8,17H,3-4,9-12H2,1-2H3. The van der Waals surface area contributed by atoms with Crippen LogP contribution in [-0.2, 0) is 6.54 Å². The maximum Gasteiger partial charge on any atom is 0.0406 e. The molecule has 1 aromatic rings. The summed E-state index contributed by atoms with van der Waals surface area (Å²) >= 11 is 5.89. The molecule has 1 aliphatic rings. The van der Waals surface area contributed by atoms with Crippen LogP contribution in [0.2, 0.25) is 5.02 Å². The average Bonchev–Trinajstić information content (AvgIpc) is 2.82. The Kier molecular flexibility index (Phi) is 4.66. The molecule has 2 nitrogen and oxygen atoms in total. The lowest BCUT2D eigenvalue weighted by atomic mass is 9.96. The number of halogens is 1. The topological polar surface area (TPSA) is 15.3 Å². The number of nitrogens with zero attached hydrogens (tertiary/aromatic N) is 1. The second-order valence-electron chi connectivity index (χ2n) is 5.56. The van der Waals surface area contributed by atoms with Gasteiger partial charge in [-0.2, -0.15) is 0 Å². The van der Waals surface area contributed by atoms with Gasteiger partial charge in [-0.3, -0.25) is 0 Å². The van der Waals surface area contributed by atoms with Crippen molar-refractivity contribution in [1.29, 1.82) is 0 Å². The van der Waals surface area contributed by atoms with E-state index in [2.05, 4.69) is 36.4 Å². The van der Waals surface area contributed by atoms with Crippen LogP contribution in [-0.4, -0.2) is 31.1 Å². The van der Waals surface area contributed by atoms with Crippen LogP contribution in [0.3, 0.4) is 0 Å². The van der Waals surface area contributed by atoms with Crippen LogP contribution in [0.5, 0.6) is 0 Å². The molecule has 1 aromatic carbocycles. The fourth-order valence-electron chi connectivity index (χ4n) is 2.86.